The van der Waals surface area contributed by atoms with Crippen LogP contribution in [0.3, 0.4) is 0 Å². The Hall–Kier alpha value is -0.920. The third-order valence-corrected chi connectivity index (χ3v) is 8.06. The average Bonchev–Trinajstić information content (AvgIpc) is 2.64. The van der Waals surface area contributed by atoms with E-state index in [0.29, 0.717) is 13.1 Å². The molecule has 3 atom stereocenters. The fraction of sp³-hybridized carbons (Fsp3) is 0.647. The molecule has 0 amide bonds. The second kappa shape index (κ2) is 15.9. The van der Waals surface area contributed by atoms with Crippen LogP contribution in [0.25, 0.3) is 0 Å². The molecule has 0 aliphatic rings. The number of aliphatic hydroxyl groups excluding tert-OH is 1. The van der Waals surface area contributed by atoms with E-state index in [4.69, 9.17) is 11.5 Å². The molecule has 0 saturated heterocycles. The topological polar surface area (TPSA) is 171 Å². The molecule has 0 saturated carbocycles. The van der Waals surface area contributed by atoms with Gasteiger partial charge >= 0.3 is 0 Å². The van der Waals surface area contributed by atoms with Gasteiger partial charge in [0, 0.05) is 6.16 Å². The number of nitrogens with two attached hydrogens (primary N) is 2. The predicted molar refractivity (Wildman–Crippen MR) is 115 cm³/mol. The Morgan fingerprint density at radius 2 is 1.64 bits per heavy atom. The van der Waals surface area contributed by atoms with E-state index in [-0.39, 0.29) is 12.6 Å². The minimum Gasteiger partial charge on any atom is -0.405 e. The highest BCUT2D eigenvalue weighted by atomic mass is 31.2. The highest BCUT2D eigenvalue weighted by Crippen LogP contribution is 2.52. The van der Waals surface area contributed by atoms with Crippen molar-refractivity contribution in [2.45, 2.75) is 31.3 Å². The van der Waals surface area contributed by atoms with Gasteiger partial charge in [-0.3, -0.25) is 9.13 Å². The van der Waals surface area contributed by atoms with E-state index in [9.17, 15) is 24.0 Å². The highest BCUT2D eigenvalue weighted by Gasteiger charge is 2.35. The van der Waals surface area contributed by atoms with Crippen molar-refractivity contribution in [2.24, 2.45) is 11.5 Å². The summed E-state index contributed by atoms with van der Waals surface area (Å²) in [5.74, 6) is 0. The van der Waals surface area contributed by atoms with Gasteiger partial charge in [0.2, 0.25) is 14.7 Å². The lowest BCUT2D eigenvalue weighted by molar-refractivity contribution is 0.286. The van der Waals surface area contributed by atoms with Crippen molar-refractivity contribution in [3.8, 4) is 0 Å². The van der Waals surface area contributed by atoms with Gasteiger partial charge in [0.25, 0.3) is 0 Å². The normalized spacial score (nSPS) is 17.9. The molecule has 0 spiro atoms. The quantitative estimate of drug-likeness (QED) is 0.0995. The van der Waals surface area contributed by atoms with Gasteiger partial charge < -0.3 is 37.0 Å². The molecule has 0 heterocycles. The molecule has 0 rings (SSSR count). The van der Waals surface area contributed by atoms with Crippen LogP contribution in [0.4, 0.5) is 0 Å². The van der Waals surface area contributed by atoms with Gasteiger partial charge in [0.1, 0.15) is 0 Å². The Labute approximate surface area is 167 Å². The lowest BCUT2D eigenvalue weighted by atomic mass is 10.2. The fourth-order valence-corrected chi connectivity index (χ4v) is 6.41. The fourth-order valence-electron chi connectivity index (χ4n) is 2.33. The highest BCUT2D eigenvalue weighted by molar-refractivity contribution is 7.62. The molecule has 9 nitrogen and oxygen atoms in total. The van der Waals surface area contributed by atoms with E-state index in [1.807, 2.05) is 0 Å². The van der Waals surface area contributed by atoms with Crippen molar-refractivity contribution in [1.82, 2.24) is 10.6 Å². The van der Waals surface area contributed by atoms with E-state index in [1.165, 1.54) is 12.4 Å². The Kier molecular flexibility index (Phi) is 15.4. The molecule has 164 valence electrons. The molecule has 0 radical (unpaired) electrons. The largest absolute Gasteiger partial charge is 0.405 e. The first-order valence-corrected chi connectivity index (χ1v) is 13.3. The van der Waals surface area contributed by atoms with Crippen molar-refractivity contribution >= 4 is 14.7 Å². The average molecular weight is 438 g/mol. The second-order valence-corrected chi connectivity index (χ2v) is 11.4. The Bertz CT molecular complexity index is 584. The van der Waals surface area contributed by atoms with Crippen LogP contribution in [0, 0.1) is 0 Å². The zero-order valence-corrected chi connectivity index (χ0v) is 18.1. The van der Waals surface area contributed by atoms with Gasteiger partial charge in [0.15, 0.2) is 0 Å². The van der Waals surface area contributed by atoms with Crippen molar-refractivity contribution in [1.29, 1.82) is 0 Å². The van der Waals surface area contributed by atoms with Crippen molar-refractivity contribution in [3.05, 3.63) is 36.7 Å². The van der Waals surface area contributed by atoms with Gasteiger partial charge in [-0.15, -0.1) is 0 Å². The molecule has 11 heteroatoms. The zero-order chi connectivity index (χ0) is 21.3. The monoisotopic (exact) mass is 438 g/mol. The van der Waals surface area contributed by atoms with E-state index in [0.717, 1.165) is 25.7 Å². The van der Waals surface area contributed by atoms with Gasteiger partial charge in [0.05, 0.1) is 24.8 Å². The number of unbranched alkanes of at least 4 members (excludes halogenated alkanes) is 3. The van der Waals surface area contributed by atoms with Crippen LogP contribution in [0.15, 0.2) is 36.7 Å². The predicted octanol–water partition coefficient (Wildman–Crippen LogP) is 1.04. The molecule has 0 bridgehead atoms. The molecular formula is C17H36N4O5P2. The third kappa shape index (κ3) is 14.1. The number of hydrogen-bond donors (Lipinski definition) is 7. The molecule has 9 N–H and O–H groups in total. The molecule has 0 aromatic carbocycles. The Morgan fingerprint density at radius 3 is 2.29 bits per heavy atom. The summed E-state index contributed by atoms with van der Waals surface area (Å²) in [6, 6.07) is 0. The Balaban J connectivity index is 4.37. The molecule has 0 aromatic heterocycles. The summed E-state index contributed by atoms with van der Waals surface area (Å²) < 4.78 is 24.7. The van der Waals surface area contributed by atoms with Crippen LogP contribution in [0.1, 0.15) is 25.7 Å². The van der Waals surface area contributed by atoms with Crippen LogP contribution < -0.4 is 22.1 Å². The maximum Gasteiger partial charge on any atom is 0.219 e. The first kappa shape index (κ1) is 27.1. The number of rotatable bonds is 17. The summed E-state index contributed by atoms with van der Waals surface area (Å²) >= 11 is 0. The third-order valence-electron chi connectivity index (χ3n) is 3.92. The van der Waals surface area contributed by atoms with Crippen LogP contribution in [-0.4, -0.2) is 59.0 Å². The van der Waals surface area contributed by atoms with E-state index in [2.05, 4.69) is 10.6 Å². The smallest absolute Gasteiger partial charge is 0.219 e. The number of aliphatic hydroxyl groups is 1. The standard InChI is InChI=1S/C17H36N4O5P2/c18-9-5-1-3-7-11-20-15-27(23,24)14-17(13-22)28(25,26)16-21-12-8-4-2-6-10-19/h1,3,5,7,9,11,17,20-22H,2,4,6,8,10,12-16,18-19H2,(H,23,24)(H,25,26)/b3-1+,9-5+,11-7-. The lowest BCUT2D eigenvalue weighted by Gasteiger charge is -2.24. The van der Waals surface area contributed by atoms with Crippen molar-refractivity contribution in [3.63, 3.8) is 0 Å². The summed E-state index contributed by atoms with van der Waals surface area (Å²) in [6.07, 6.45) is 12.4. The van der Waals surface area contributed by atoms with Gasteiger partial charge in [-0.1, -0.05) is 25.0 Å². The van der Waals surface area contributed by atoms with E-state index in [1.54, 1.807) is 24.3 Å². The molecule has 28 heavy (non-hydrogen) atoms. The van der Waals surface area contributed by atoms with Crippen LogP contribution in [-0.2, 0) is 9.13 Å². The van der Waals surface area contributed by atoms with E-state index < -0.39 is 33.2 Å². The zero-order valence-electron chi connectivity index (χ0n) is 16.3. The van der Waals surface area contributed by atoms with Crippen molar-refractivity contribution in [2.75, 3.05) is 38.4 Å². The maximum absolute atomic E-state index is 12.5. The summed E-state index contributed by atoms with van der Waals surface area (Å²) in [4.78, 5) is 20.2. The molecule has 0 aliphatic heterocycles. The molecule has 0 aliphatic carbocycles. The summed E-state index contributed by atoms with van der Waals surface area (Å²) in [5.41, 5.74) is 9.44. The maximum atomic E-state index is 12.5. The lowest BCUT2D eigenvalue weighted by Crippen LogP contribution is -2.27. The van der Waals surface area contributed by atoms with Crippen LogP contribution >= 0.6 is 14.7 Å². The summed E-state index contributed by atoms with van der Waals surface area (Å²) in [5, 5.41) is 15.0. The van der Waals surface area contributed by atoms with Gasteiger partial charge in [-0.2, -0.15) is 0 Å². The van der Waals surface area contributed by atoms with E-state index >= 15 is 0 Å². The minimum absolute atomic E-state index is 0.193. The first-order chi connectivity index (χ1) is 13.3. The van der Waals surface area contributed by atoms with Crippen LogP contribution in [0.5, 0.6) is 0 Å². The number of hydrogen-bond acceptors (Lipinski definition) is 7. The molecular weight excluding hydrogens is 402 g/mol. The first-order valence-electron chi connectivity index (χ1n) is 9.36. The van der Waals surface area contributed by atoms with Gasteiger partial charge in [-0.25, -0.2) is 0 Å². The minimum atomic E-state index is -3.81. The SMILES string of the molecule is N/C=C/C=C/C=C\NCP(=O)(O)CC(CO)P(=O)(O)CNCCCCCCN. The number of allylic oxidation sites excluding steroid dienone is 4. The summed E-state index contributed by atoms with van der Waals surface area (Å²) in [6.45, 7) is 0.607. The van der Waals surface area contributed by atoms with Crippen molar-refractivity contribution < 1.29 is 24.0 Å². The number of nitrogens with one attached hydrogen (secondary N) is 2. The van der Waals surface area contributed by atoms with Gasteiger partial charge in [-0.05, 0) is 50.5 Å². The molecule has 0 fully saturated rings. The van der Waals surface area contributed by atoms with Crippen LogP contribution in [0.2, 0.25) is 0 Å². The Morgan fingerprint density at radius 1 is 0.964 bits per heavy atom. The second-order valence-electron chi connectivity index (χ2n) is 6.47. The molecule has 0 aromatic rings. The summed E-state index contributed by atoms with van der Waals surface area (Å²) in [7, 11) is -7.54. The molecule has 3 unspecified atom stereocenters.